The summed E-state index contributed by atoms with van der Waals surface area (Å²) in [6.45, 7) is 4.73. The van der Waals surface area contributed by atoms with Crippen molar-refractivity contribution in [3.8, 4) is 0 Å². The number of aliphatic hydroxyl groups excluding tert-OH is 2. The lowest BCUT2D eigenvalue weighted by Crippen LogP contribution is -2.26. The second-order valence-corrected chi connectivity index (χ2v) is 6.51. The van der Waals surface area contributed by atoms with Gasteiger partial charge in [0.15, 0.2) is 0 Å². The van der Waals surface area contributed by atoms with Crippen molar-refractivity contribution in [2.45, 2.75) is 39.1 Å². The fourth-order valence-electron chi connectivity index (χ4n) is 3.48. The maximum atomic E-state index is 9.80. The van der Waals surface area contributed by atoms with Gasteiger partial charge in [0.1, 0.15) is 0 Å². The van der Waals surface area contributed by atoms with Crippen LogP contribution in [0.1, 0.15) is 30.8 Å². The second kappa shape index (κ2) is 6.50. The van der Waals surface area contributed by atoms with Crippen molar-refractivity contribution in [3.05, 3.63) is 41.7 Å². The highest BCUT2D eigenvalue weighted by atomic mass is 16.3. The molecule has 2 N–H and O–H groups in total. The number of hydrogen-bond acceptors (Lipinski definition) is 5. The van der Waals surface area contributed by atoms with Gasteiger partial charge in [0, 0.05) is 19.6 Å². The first-order chi connectivity index (χ1) is 12.2. The van der Waals surface area contributed by atoms with E-state index in [0.29, 0.717) is 18.8 Å². The molecule has 3 aromatic rings. The van der Waals surface area contributed by atoms with Crippen molar-refractivity contribution >= 4 is 17.0 Å². The van der Waals surface area contributed by atoms with Crippen LogP contribution in [0.3, 0.4) is 0 Å². The zero-order chi connectivity index (χ0) is 17.4. The summed E-state index contributed by atoms with van der Waals surface area (Å²) < 4.78 is 4.07. The average molecular weight is 341 g/mol. The van der Waals surface area contributed by atoms with Gasteiger partial charge in [-0.15, -0.1) is 0 Å². The Kier molecular flexibility index (Phi) is 4.19. The summed E-state index contributed by atoms with van der Waals surface area (Å²) in [5.74, 6) is 0.878. The third kappa shape index (κ3) is 2.89. The number of rotatable bonds is 4. The topological polar surface area (TPSA) is 79.3 Å². The van der Waals surface area contributed by atoms with Gasteiger partial charge in [0.25, 0.3) is 0 Å². The van der Waals surface area contributed by atoms with E-state index in [1.807, 2.05) is 35.0 Å². The van der Waals surface area contributed by atoms with Gasteiger partial charge in [-0.1, -0.05) is 12.1 Å². The minimum Gasteiger partial charge on any atom is -0.395 e. The van der Waals surface area contributed by atoms with Gasteiger partial charge in [-0.3, -0.25) is 4.68 Å². The number of nitrogens with zero attached hydrogens (tertiary/aromatic N) is 5. The number of anilines is 1. The minimum atomic E-state index is -0.563. The largest absolute Gasteiger partial charge is 0.395 e. The summed E-state index contributed by atoms with van der Waals surface area (Å²) in [6.07, 6.45) is 0.392. The molecule has 0 fully saturated rings. The van der Waals surface area contributed by atoms with E-state index in [0.717, 1.165) is 42.2 Å². The summed E-state index contributed by atoms with van der Waals surface area (Å²) in [4.78, 5) is 7.05. The molecule has 0 saturated carbocycles. The van der Waals surface area contributed by atoms with Crippen LogP contribution in [0.15, 0.2) is 30.3 Å². The first-order valence-corrected chi connectivity index (χ1v) is 8.73. The fourth-order valence-corrected chi connectivity index (χ4v) is 3.48. The average Bonchev–Trinajstić information content (AvgIpc) is 3.11. The number of aromatic nitrogens is 4. The molecule has 0 aliphatic carbocycles. The molecule has 1 aromatic carbocycles. The Hall–Kier alpha value is -2.38. The molecular formula is C18H23N5O2. The van der Waals surface area contributed by atoms with Gasteiger partial charge >= 0.3 is 0 Å². The predicted molar refractivity (Wildman–Crippen MR) is 95.3 cm³/mol. The number of aryl methyl sites for hydroxylation is 1. The molecule has 1 unspecified atom stereocenters. The summed E-state index contributed by atoms with van der Waals surface area (Å²) in [5, 5.41) is 23.8. The van der Waals surface area contributed by atoms with E-state index in [9.17, 15) is 10.2 Å². The van der Waals surface area contributed by atoms with E-state index in [2.05, 4.69) is 14.6 Å². The lowest BCUT2D eigenvalue weighted by molar-refractivity contribution is 0.193. The molecule has 1 aliphatic rings. The maximum absolute atomic E-state index is 9.80. The smallest absolute Gasteiger partial charge is 0.206 e. The highest BCUT2D eigenvalue weighted by molar-refractivity contribution is 5.78. The molecule has 1 aliphatic heterocycles. The molecule has 25 heavy (non-hydrogen) atoms. The van der Waals surface area contributed by atoms with E-state index >= 15 is 0 Å². The van der Waals surface area contributed by atoms with E-state index < -0.39 is 6.10 Å². The summed E-state index contributed by atoms with van der Waals surface area (Å²) >= 11 is 0. The van der Waals surface area contributed by atoms with Gasteiger partial charge in [0.05, 0.1) is 41.7 Å². The molecule has 2 aromatic heterocycles. The predicted octanol–water partition coefficient (Wildman–Crippen LogP) is 1.69. The fraction of sp³-hybridized carbons (Fsp3) is 0.444. The standard InChI is InChI=1S/C18H23N5O2/c1-13(25)16-11-14-12-21(7-4-8-23(14)20-16)18-19-15-5-2-3-6-17(15)22(18)9-10-24/h2-3,5-6,11,13,24-25H,4,7-10,12H2,1H3. The third-order valence-electron chi connectivity index (χ3n) is 4.70. The van der Waals surface area contributed by atoms with Crippen LogP contribution < -0.4 is 4.90 Å². The molecule has 0 spiro atoms. The molecule has 4 rings (SSSR count). The monoisotopic (exact) mass is 341 g/mol. The van der Waals surface area contributed by atoms with Gasteiger partial charge in [0.2, 0.25) is 5.95 Å². The van der Waals surface area contributed by atoms with Crippen LogP contribution in [0.4, 0.5) is 5.95 Å². The van der Waals surface area contributed by atoms with E-state index in [1.54, 1.807) is 6.92 Å². The van der Waals surface area contributed by atoms with Crippen LogP contribution in [0.2, 0.25) is 0 Å². The first-order valence-electron chi connectivity index (χ1n) is 8.73. The Bertz CT molecular complexity index is 883. The van der Waals surface area contributed by atoms with Crippen LogP contribution in [0.5, 0.6) is 0 Å². The molecule has 7 heteroatoms. The molecule has 1 atom stereocenters. The molecule has 3 heterocycles. The number of hydrogen-bond donors (Lipinski definition) is 2. The molecule has 0 bridgehead atoms. The van der Waals surface area contributed by atoms with Crippen molar-refractivity contribution in [2.24, 2.45) is 0 Å². The zero-order valence-corrected chi connectivity index (χ0v) is 14.3. The number of imidazole rings is 1. The molecular weight excluding hydrogens is 318 g/mol. The van der Waals surface area contributed by atoms with Crippen LogP contribution in [0.25, 0.3) is 11.0 Å². The number of para-hydroxylation sites is 2. The summed E-state index contributed by atoms with van der Waals surface area (Å²) in [5.41, 5.74) is 3.76. The second-order valence-electron chi connectivity index (χ2n) is 6.51. The van der Waals surface area contributed by atoms with Crippen LogP contribution in [0, 0.1) is 0 Å². The Morgan fingerprint density at radius 2 is 2.08 bits per heavy atom. The third-order valence-corrected chi connectivity index (χ3v) is 4.70. The van der Waals surface area contributed by atoms with Crippen molar-refractivity contribution in [2.75, 3.05) is 18.1 Å². The van der Waals surface area contributed by atoms with Gasteiger partial charge < -0.3 is 19.7 Å². The molecule has 0 saturated heterocycles. The molecule has 7 nitrogen and oxygen atoms in total. The number of fused-ring (bicyclic) bond motifs is 2. The van der Waals surface area contributed by atoms with E-state index in [-0.39, 0.29) is 6.61 Å². The zero-order valence-electron chi connectivity index (χ0n) is 14.3. The number of benzene rings is 1. The van der Waals surface area contributed by atoms with Crippen molar-refractivity contribution in [1.82, 2.24) is 19.3 Å². The molecule has 132 valence electrons. The molecule has 0 radical (unpaired) electrons. The lowest BCUT2D eigenvalue weighted by atomic mass is 10.2. The Balaban J connectivity index is 1.73. The normalized spacial score (nSPS) is 16.0. The Morgan fingerprint density at radius 1 is 1.24 bits per heavy atom. The molecule has 0 amide bonds. The quantitative estimate of drug-likeness (QED) is 0.755. The van der Waals surface area contributed by atoms with Crippen molar-refractivity contribution in [3.63, 3.8) is 0 Å². The first kappa shape index (κ1) is 16.1. The highest BCUT2D eigenvalue weighted by Gasteiger charge is 2.22. The van der Waals surface area contributed by atoms with Gasteiger partial charge in [-0.25, -0.2) is 4.98 Å². The van der Waals surface area contributed by atoms with Gasteiger partial charge in [-0.2, -0.15) is 5.10 Å². The van der Waals surface area contributed by atoms with Crippen molar-refractivity contribution < 1.29 is 10.2 Å². The summed E-state index contributed by atoms with van der Waals surface area (Å²) in [7, 11) is 0. The minimum absolute atomic E-state index is 0.0747. The highest BCUT2D eigenvalue weighted by Crippen LogP contribution is 2.26. The van der Waals surface area contributed by atoms with Crippen molar-refractivity contribution in [1.29, 1.82) is 0 Å². The number of aliphatic hydroxyl groups is 2. The van der Waals surface area contributed by atoms with Crippen LogP contribution in [-0.2, 0) is 19.6 Å². The lowest BCUT2D eigenvalue weighted by Gasteiger charge is -2.22. The van der Waals surface area contributed by atoms with Crippen LogP contribution in [-0.4, -0.2) is 42.7 Å². The van der Waals surface area contributed by atoms with Crippen LogP contribution >= 0.6 is 0 Å². The summed E-state index contributed by atoms with van der Waals surface area (Å²) in [6, 6.07) is 9.99. The Labute approximate surface area is 146 Å². The SMILES string of the molecule is CC(O)c1cc2n(n1)CCCN(c1nc3ccccc3n1CCO)C2. The van der Waals surface area contributed by atoms with Gasteiger partial charge in [-0.05, 0) is 31.5 Å². The maximum Gasteiger partial charge on any atom is 0.206 e. The Morgan fingerprint density at radius 3 is 2.88 bits per heavy atom. The van der Waals surface area contributed by atoms with E-state index in [4.69, 9.17) is 4.98 Å². The van der Waals surface area contributed by atoms with E-state index in [1.165, 1.54) is 0 Å².